The van der Waals surface area contributed by atoms with Gasteiger partial charge in [0, 0.05) is 18.6 Å². The Morgan fingerprint density at radius 1 is 1.52 bits per heavy atom. The van der Waals surface area contributed by atoms with Crippen molar-refractivity contribution in [1.82, 2.24) is 10.2 Å². The molecule has 5 heteroatoms. The molecule has 1 aliphatic heterocycles. The summed E-state index contributed by atoms with van der Waals surface area (Å²) in [6.07, 6.45) is 4.79. The van der Waals surface area contributed by atoms with Gasteiger partial charge in [-0.2, -0.15) is 0 Å². The zero-order chi connectivity index (χ0) is 15.5. The monoisotopic (exact) mass is 298 g/mol. The van der Waals surface area contributed by atoms with Gasteiger partial charge in [0.15, 0.2) is 0 Å². The first-order chi connectivity index (χ1) is 10.0. The van der Waals surface area contributed by atoms with Gasteiger partial charge in [-0.1, -0.05) is 6.92 Å². The molecule has 2 fully saturated rings. The normalized spacial score (nSPS) is 30.5. The van der Waals surface area contributed by atoms with Crippen LogP contribution in [0.25, 0.3) is 0 Å². The largest absolute Gasteiger partial charge is 0.468 e. The number of nitrogens with one attached hydrogen (secondary N) is 1. The summed E-state index contributed by atoms with van der Waals surface area (Å²) >= 11 is 0. The van der Waals surface area contributed by atoms with E-state index in [1.165, 1.54) is 26.4 Å². The Morgan fingerprint density at radius 3 is 2.95 bits per heavy atom. The molecular weight excluding hydrogens is 268 g/mol. The second kappa shape index (κ2) is 7.07. The predicted octanol–water partition coefficient (Wildman–Crippen LogP) is 1.56. The highest BCUT2D eigenvalue weighted by Gasteiger charge is 2.42. The molecule has 0 aromatic carbocycles. The summed E-state index contributed by atoms with van der Waals surface area (Å²) in [7, 11) is 1.46. The molecule has 1 N–H and O–H groups in total. The van der Waals surface area contributed by atoms with E-state index in [1.807, 2.05) is 13.8 Å². The van der Waals surface area contributed by atoms with Crippen molar-refractivity contribution in [1.29, 1.82) is 0 Å². The molecule has 122 valence electrons. The second-order valence-corrected chi connectivity index (χ2v) is 6.55. The Morgan fingerprint density at radius 2 is 2.29 bits per heavy atom. The number of hydrogen-bond donors (Lipinski definition) is 1. The number of likely N-dealkylation sites (N-methyl/N-ethyl adjacent to an activating group) is 1. The van der Waals surface area contributed by atoms with Crippen LogP contribution in [0.5, 0.6) is 0 Å². The van der Waals surface area contributed by atoms with Gasteiger partial charge >= 0.3 is 5.97 Å². The number of esters is 1. The number of carbonyl (C=O) groups is 1. The summed E-state index contributed by atoms with van der Waals surface area (Å²) < 4.78 is 10.9. The first-order valence-corrected chi connectivity index (χ1v) is 8.22. The standard InChI is InChI=1S/C16H30N2O3/c1-5-17-16(3,15(19)20-4)11-12(2)18-9-10-21-14-8-6-7-13(14)18/h12-14,17H,5-11H2,1-4H3. The maximum absolute atomic E-state index is 12.1. The van der Waals surface area contributed by atoms with Gasteiger partial charge in [-0.25, -0.2) is 0 Å². The Labute approximate surface area is 128 Å². The molecule has 1 heterocycles. The summed E-state index contributed by atoms with van der Waals surface area (Å²) in [6, 6.07) is 0.861. The quantitative estimate of drug-likeness (QED) is 0.754. The first-order valence-electron chi connectivity index (χ1n) is 8.22. The fourth-order valence-electron chi connectivity index (χ4n) is 4.05. The molecule has 21 heavy (non-hydrogen) atoms. The van der Waals surface area contributed by atoms with Crippen molar-refractivity contribution in [3.63, 3.8) is 0 Å². The van der Waals surface area contributed by atoms with Gasteiger partial charge in [0.05, 0.1) is 19.8 Å². The Bertz CT molecular complexity index is 363. The molecule has 5 nitrogen and oxygen atoms in total. The predicted molar refractivity (Wildman–Crippen MR) is 82.3 cm³/mol. The minimum atomic E-state index is -0.616. The Hall–Kier alpha value is -0.650. The molecule has 0 amide bonds. The minimum Gasteiger partial charge on any atom is -0.468 e. The van der Waals surface area contributed by atoms with Crippen LogP contribution in [-0.2, 0) is 14.3 Å². The molecule has 1 aliphatic carbocycles. The van der Waals surface area contributed by atoms with Crippen molar-refractivity contribution in [3.05, 3.63) is 0 Å². The molecule has 1 saturated heterocycles. The molecule has 4 unspecified atom stereocenters. The highest BCUT2D eigenvalue weighted by Crippen LogP contribution is 2.32. The average Bonchev–Trinajstić information content (AvgIpc) is 2.94. The molecule has 1 saturated carbocycles. The van der Waals surface area contributed by atoms with E-state index in [9.17, 15) is 4.79 Å². The number of rotatable bonds is 6. The number of hydrogen-bond acceptors (Lipinski definition) is 5. The molecule has 2 rings (SSSR count). The van der Waals surface area contributed by atoms with Gasteiger partial charge in [-0.3, -0.25) is 9.69 Å². The van der Waals surface area contributed by atoms with Gasteiger partial charge in [-0.15, -0.1) is 0 Å². The summed E-state index contributed by atoms with van der Waals surface area (Å²) in [4.78, 5) is 14.7. The van der Waals surface area contributed by atoms with Crippen LogP contribution in [0.4, 0.5) is 0 Å². The third kappa shape index (κ3) is 3.58. The van der Waals surface area contributed by atoms with Crippen LogP contribution >= 0.6 is 0 Å². The molecule has 0 aromatic rings. The van der Waals surface area contributed by atoms with Crippen LogP contribution in [-0.4, -0.2) is 61.4 Å². The van der Waals surface area contributed by atoms with Gasteiger partial charge in [0.1, 0.15) is 5.54 Å². The number of ether oxygens (including phenoxy) is 2. The average molecular weight is 298 g/mol. The fraction of sp³-hybridized carbons (Fsp3) is 0.938. The highest BCUT2D eigenvalue weighted by molar-refractivity contribution is 5.80. The highest BCUT2D eigenvalue weighted by atomic mass is 16.5. The van der Waals surface area contributed by atoms with Crippen LogP contribution in [0.15, 0.2) is 0 Å². The van der Waals surface area contributed by atoms with Gasteiger partial charge in [-0.05, 0) is 46.1 Å². The van der Waals surface area contributed by atoms with E-state index < -0.39 is 5.54 Å². The zero-order valence-electron chi connectivity index (χ0n) is 13.9. The molecule has 2 aliphatic rings. The van der Waals surface area contributed by atoms with E-state index in [1.54, 1.807) is 0 Å². The maximum atomic E-state index is 12.1. The van der Waals surface area contributed by atoms with Gasteiger partial charge < -0.3 is 14.8 Å². The lowest BCUT2D eigenvalue weighted by atomic mass is 9.91. The maximum Gasteiger partial charge on any atom is 0.325 e. The number of nitrogens with zero attached hydrogens (tertiary/aromatic N) is 1. The summed E-state index contributed by atoms with van der Waals surface area (Å²) in [5, 5.41) is 3.31. The van der Waals surface area contributed by atoms with Crippen molar-refractivity contribution in [2.24, 2.45) is 0 Å². The lowest BCUT2D eigenvalue weighted by molar-refractivity contribution is -0.149. The SMILES string of the molecule is CCNC(C)(CC(C)N1CCOC2CCCC21)C(=O)OC. The van der Waals surface area contributed by atoms with Crippen molar-refractivity contribution in [3.8, 4) is 0 Å². The topological polar surface area (TPSA) is 50.8 Å². The smallest absolute Gasteiger partial charge is 0.325 e. The first kappa shape index (κ1) is 16.7. The lowest BCUT2D eigenvalue weighted by Gasteiger charge is -2.43. The van der Waals surface area contributed by atoms with E-state index >= 15 is 0 Å². The van der Waals surface area contributed by atoms with Crippen LogP contribution in [0.2, 0.25) is 0 Å². The van der Waals surface area contributed by atoms with Crippen molar-refractivity contribution in [2.75, 3.05) is 26.8 Å². The number of fused-ring (bicyclic) bond motifs is 1. The van der Waals surface area contributed by atoms with Crippen LogP contribution in [0.1, 0.15) is 46.5 Å². The van der Waals surface area contributed by atoms with Crippen molar-refractivity contribution >= 4 is 5.97 Å². The third-order valence-electron chi connectivity index (χ3n) is 5.00. The Balaban J connectivity index is 2.04. The zero-order valence-corrected chi connectivity index (χ0v) is 13.9. The van der Waals surface area contributed by atoms with E-state index in [0.29, 0.717) is 18.2 Å². The molecule has 4 atom stereocenters. The van der Waals surface area contributed by atoms with E-state index in [-0.39, 0.29) is 5.97 Å². The third-order valence-corrected chi connectivity index (χ3v) is 5.00. The minimum absolute atomic E-state index is 0.174. The molecule has 0 spiro atoms. The van der Waals surface area contributed by atoms with E-state index in [0.717, 1.165) is 26.1 Å². The van der Waals surface area contributed by atoms with Crippen LogP contribution < -0.4 is 5.32 Å². The summed E-state index contributed by atoms with van der Waals surface area (Å²) in [5.74, 6) is -0.174. The fourth-order valence-corrected chi connectivity index (χ4v) is 4.05. The van der Waals surface area contributed by atoms with Crippen LogP contribution in [0, 0.1) is 0 Å². The lowest BCUT2D eigenvalue weighted by Crippen LogP contribution is -2.58. The van der Waals surface area contributed by atoms with Gasteiger partial charge in [0.2, 0.25) is 0 Å². The van der Waals surface area contributed by atoms with Crippen molar-refractivity contribution in [2.45, 2.75) is 70.2 Å². The molecule has 0 bridgehead atoms. The number of morpholine rings is 1. The number of methoxy groups -OCH3 is 1. The second-order valence-electron chi connectivity index (χ2n) is 6.55. The van der Waals surface area contributed by atoms with Crippen molar-refractivity contribution < 1.29 is 14.3 Å². The summed E-state index contributed by atoms with van der Waals surface area (Å²) in [5.41, 5.74) is -0.616. The summed E-state index contributed by atoms with van der Waals surface area (Å²) in [6.45, 7) is 8.72. The van der Waals surface area contributed by atoms with Crippen LogP contribution in [0.3, 0.4) is 0 Å². The van der Waals surface area contributed by atoms with Gasteiger partial charge in [0.25, 0.3) is 0 Å². The Kier molecular flexibility index (Phi) is 5.63. The molecular formula is C16H30N2O3. The molecule has 0 aromatic heterocycles. The number of carbonyl (C=O) groups excluding carboxylic acids is 1. The molecule has 0 radical (unpaired) electrons. The van der Waals surface area contributed by atoms with E-state index in [2.05, 4.69) is 17.1 Å². The van der Waals surface area contributed by atoms with E-state index in [4.69, 9.17) is 9.47 Å².